The second kappa shape index (κ2) is 8.68. The molecule has 0 unspecified atom stereocenters. The van der Waals surface area contributed by atoms with E-state index in [-0.39, 0.29) is 5.69 Å². The molecule has 0 atom stereocenters. The number of anilines is 2. The summed E-state index contributed by atoms with van der Waals surface area (Å²) in [7, 11) is 0. The molecule has 132 valence electrons. The van der Waals surface area contributed by atoms with Crippen molar-refractivity contribution >= 4 is 23.0 Å². The van der Waals surface area contributed by atoms with E-state index in [0.29, 0.717) is 25.0 Å². The number of guanidine groups is 1. The summed E-state index contributed by atoms with van der Waals surface area (Å²) < 4.78 is 0. The summed E-state index contributed by atoms with van der Waals surface area (Å²) in [6.45, 7) is 5.34. The van der Waals surface area contributed by atoms with Crippen LogP contribution in [0, 0.1) is 10.1 Å². The van der Waals surface area contributed by atoms with Crippen molar-refractivity contribution in [1.29, 1.82) is 0 Å². The van der Waals surface area contributed by atoms with Gasteiger partial charge in [0.15, 0.2) is 5.96 Å². The molecule has 0 fully saturated rings. The van der Waals surface area contributed by atoms with Crippen molar-refractivity contribution in [2.45, 2.75) is 19.8 Å². The molecule has 0 aliphatic heterocycles. The first-order valence-electron chi connectivity index (χ1n) is 8.11. The minimum absolute atomic E-state index is 0.0700. The van der Waals surface area contributed by atoms with E-state index in [0.717, 1.165) is 11.4 Å². The second-order valence-electron chi connectivity index (χ2n) is 5.90. The maximum absolute atomic E-state index is 10.6. The van der Waals surface area contributed by atoms with Crippen LogP contribution in [0.5, 0.6) is 0 Å². The van der Waals surface area contributed by atoms with Crippen molar-refractivity contribution in [2.75, 3.05) is 23.7 Å². The lowest BCUT2D eigenvalue weighted by atomic mass is 10.0. The monoisotopic (exact) mass is 341 g/mol. The Bertz CT molecular complexity index is 741. The van der Waals surface area contributed by atoms with Crippen molar-refractivity contribution in [2.24, 2.45) is 10.7 Å². The molecule has 0 radical (unpaired) electrons. The first-order valence-corrected chi connectivity index (χ1v) is 8.11. The molecule has 0 saturated heterocycles. The standard InChI is InChI=1S/C18H23N5O2/c1-13(2)14-4-3-5-16(12-14)22-18(19)21-11-10-20-15-6-8-17(9-7-15)23(24)25/h3-9,12-13,20H,10-11H2,1-2H3,(H3,19,21,22). The van der Waals surface area contributed by atoms with Crippen molar-refractivity contribution < 1.29 is 4.92 Å². The molecule has 0 saturated carbocycles. The number of nitrogens with two attached hydrogens (primary N) is 1. The van der Waals surface area contributed by atoms with Gasteiger partial charge in [-0.2, -0.15) is 0 Å². The van der Waals surface area contributed by atoms with E-state index in [4.69, 9.17) is 5.73 Å². The van der Waals surface area contributed by atoms with Gasteiger partial charge in [-0.25, -0.2) is 0 Å². The highest BCUT2D eigenvalue weighted by Gasteiger charge is 2.03. The number of non-ortho nitro benzene ring substituents is 1. The van der Waals surface area contributed by atoms with Gasteiger partial charge >= 0.3 is 0 Å². The topological polar surface area (TPSA) is 106 Å². The molecule has 0 aliphatic carbocycles. The molecule has 0 amide bonds. The number of nitro groups is 1. The number of benzene rings is 2. The van der Waals surface area contributed by atoms with Gasteiger partial charge in [-0.15, -0.1) is 0 Å². The van der Waals surface area contributed by atoms with E-state index in [1.807, 2.05) is 12.1 Å². The minimum atomic E-state index is -0.422. The normalized spacial score (nSPS) is 11.4. The van der Waals surface area contributed by atoms with Gasteiger partial charge in [0.05, 0.1) is 11.5 Å². The van der Waals surface area contributed by atoms with Crippen LogP contribution in [-0.2, 0) is 0 Å². The van der Waals surface area contributed by atoms with Crippen LogP contribution in [0.25, 0.3) is 0 Å². The highest BCUT2D eigenvalue weighted by molar-refractivity contribution is 5.92. The molecule has 7 nitrogen and oxygen atoms in total. The predicted molar refractivity (Wildman–Crippen MR) is 102 cm³/mol. The molecule has 2 rings (SSSR count). The van der Waals surface area contributed by atoms with Gasteiger partial charge in [0.1, 0.15) is 0 Å². The van der Waals surface area contributed by atoms with Crippen LogP contribution in [0.2, 0.25) is 0 Å². The van der Waals surface area contributed by atoms with Crippen LogP contribution in [0.1, 0.15) is 25.3 Å². The largest absolute Gasteiger partial charge is 0.383 e. The molecule has 0 heterocycles. The fourth-order valence-electron chi connectivity index (χ4n) is 2.24. The van der Waals surface area contributed by atoms with Crippen LogP contribution in [0.3, 0.4) is 0 Å². The number of rotatable bonds is 7. The molecule has 0 spiro atoms. The average molecular weight is 341 g/mol. The van der Waals surface area contributed by atoms with Crippen molar-refractivity contribution in [3.8, 4) is 0 Å². The summed E-state index contributed by atoms with van der Waals surface area (Å²) in [4.78, 5) is 14.4. The Morgan fingerprint density at radius 1 is 1.20 bits per heavy atom. The molecule has 0 aliphatic rings. The summed E-state index contributed by atoms with van der Waals surface area (Å²) >= 11 is 0. The van der Waals surface area contributed by atoms with Gasteiger partial charge in [-0.1, -0.05) is 26.0 Å². The van der Waals surface area contributed by atoms with E-state index >= 15 is 0 Å². The van der Waals surface area contributed by atoms with Crippen molar-refractivity contribution in [3.05, 3.63) is 64.2 Å². The van der Waals surface area contributed by atoms with Crippen molar-refractivity contribution in [3.63, 3.8) is 0 Å². The van der Waals surface area contributed by atoms with Crippen LogP contribution < -0.4 is 16.4 Å². The fraction of sp³-hybridized carbons (Fsp3) is 0.278. The van der Waals surface area contributed by atoms with Crippen LogP contribution in [0.15, 0.2) is 53.5 Å². The number of nitro benzene ring substituents is 1. The Balaban J connectivity index is 1.81. The zero-order valence-electron chi connectivity index (χ0n) is 14.4. The third-order valence-corrected chi connectivity index (χ3v) is 3.63. The molecule has 2 aromatic carbocycles. The molecule has 4 N–H and O–H groups in total. The van der Waals surface area contributed by atoms with E-state index in [9.17, 15) is 10.1 Å². The van der Waals surface area contributed by atoms with Crippen LogP contribution >= 0.6 is 0 Å². The maximum atomic E-state index is 10.6. The predicted octanol–water partition coefficient (Wildman–Crippen LogP) is 3.56. The van der Waals surface area contributed by atoms with E-state index < -0.39 is 4.92 Å². The highest BCUT2D eigenvalue weighted by atomic mass is 16.6. The van der Waals surface area contributed by atoms with Gasteiger partial charge in [0.25, 0.3) is 5.69 Å². The number of hydrogen-bond acceptors (Lipinski definition) is 4. The Labute approximate surface area is 147 Å². The maximum Gasteiger partial charge on any atom is 0.269 e. The minimum Gasteiger partial charge on any atom is -0.383 e. The van der Waals surface area contributed by atoms with Crippen molar-refractivity contribution in [1.82, 2.24) is 0 Å². The van der Waals surface area contributed by atoms with Gasteiger partial charge in [0.2, 0.25) is 0 Å². The van der Waals surface area contributed by atoms with E-state index in [1.54, 1.807) is 12.1 Å². The van der Waals surface area contributed by atoms with E-state index in [1.165, 1.54) is 17.7 Å². The number of nitrogens with zero attached hydrogens (tertiary/aromatic N) is 2. The molecule has 0 aromatic heterocycles. The average Bonchev–Trinajstić information content (AvgIpc) is 2.59. The zero-order valence-corrected chi connectivity index (χ0v) is 14.4. The third kappa shape index (κ3) is 5.80. The Hall–Kier alpha value is -3.09. The quantitative estimate of drug-likeness (QED) is 0.235. The number of hydrogen-bond donors (Lipinski definition) is 3. The van der Waals surface area contributed by atoms with Gasteiger partial charge < -0.3 is 16.4 Å². The molecule has 0 bridgehead atoms. The van der Waals surface area contributed by atoms with Crippen LogP contribution in [-0.4, -0.2) is 24.0 Å². The Morgan fingerprint density at radius 2 is 1.92 bits per heavy atom. The summed E-state index contributed by atoms with van der Waals surface area (Å²) in [6.07, 6.45) is 0. The lowest BCUT2D eigenvalue weighted by Gasteiger charge is -2.10. The molecular formula is C18H23N5O2. The lowest BCUT2D eigenvalue weighted by molar-refractivity contribution is -0.384. The molecule has 7 heteroatoms. The Kier molecular flexibility index (Phi) is 6.33. The fourth-order valence-corrected chi connectivity index (χ4v) is 2.24. The molecular weight excluding hydrogens is 318 g/mol. The third-order valence-electron chi connectivity index (χ3n) is 3.63. The summed E-state index contributed by atoms with van der Waals surface area (Å²) in [5.74, 6) is 0.803. The summed E-state index contributed by atoms with van der Waals surface area (Å²) in [6, 6.07) is 14.3. The second-order valence-corrected chi connectivity index (χ2v) is 5.90. The highest BCUT2D eigenvalue weighted by Crippen LogP contribution is 2.18. The smallest absolute Gasteiger partial charge is 0.269 e. The number of aliphatic imine (C=N–C) groups is 1. The first-order chi connectivity index (χ1) is 12.0. The summed E-state index contributed by atoms with van der Waals surface area (Å²) in [5.41, 5.74) is 8.92. The van der Waals surface area contributed by atoms with Gasteiger partial charge in [-0.3, -0.25) is 15.1 Å². The first kappa shape index (κ1) is 18.3. The molecule has 25 heavy (non-hydrogen) atoms. The molecule has 2 aromatic rings. The van der Waals surface area contributed by atoms with Gasteiger partial charge in [-0.05, 0) is 35.7 Å². The van der Waals surface area contributed by atoms with Gasteiger partial charge in [0, 0.05) is 30.1 Å². The summed E-state index contributed by atoms with van der Waals surface area (Å²) in [5, 5.41) is 16.8. The number of nitrogens with one attached hydrogen (secondary N) is 2. The SMILES string of the molecule is CC(C)c1cccc(NC(N)=NCCNc2ccc([N+](=O)[O-])cc2)c1. The zero-order chi connectivity index (χ0) is 18.2. The Morgan fingerprint density at radius 3 is 2.56 bits per heavy atom. The lowest BCUT2D eigenvalue weighted by Crippen LogP contribution is -2.23. The van der Waals surface area contributed by atoms with Crippen LogP contribution in [0.4, 0.5) is 17.1 Å². The van der Waals surface area contributed by atoms with E-state index in [2.05, 4.69) is 41.6 Å².